The van der Waals surface area contributed by atoms with Crippen molar-refractivity contribution >= 4 is 60.8 Å². The third-order valence-electron chi connectivity index (χ3n) is 5.43. The largest absolute Gasteiger partial charge is 0.274 e. The molecule has 1 aromatic heterocycles. The molecule has 1 aliphatic rings. The number of primary sulfonamides is 1. The third kappa shape index (κ3) is 5.14. The molecular formula is C22H18Cl2N4O6S2. The summed E-state index contributed by atoms with van der Waals surface area (Å²) in [5.41, 5.74) is 0.537. The summed E-state index contributed by atoms with van der Waals surface area (Å²) in [6.45, 7) is -0.277. The van der Waals surface area contributed by atoms with E-state index >= 15 is 0 Å². The van der Waals surface area contributed by atoms with Gasteiger partial charge >= 0.3 is 0 Å². The summed E-state index contributed by atoms with van der Waals surface area (Å²) in [4.78, 5) is 30.6. The highest BCUT2D eigenvalue weighted by molar-refractivity contribution is 7.89. The van der Waals surface area contributed by atoms with Crippen LogP contribution in [0.15, 0.2) is 76.8 Å². The fourth-order valence-electron chi connectivity index (χ4n) is 3.73. The quantitative estimate of drug-likeness (QED) is 0.430. The lowest BCUT2D eigenvalue weighted by Gasteiger charge is -2.27. The Morgan fingerprint density at radius 3 is 2.33 bits per heavy atom. The van der Waals surface area contributed by atoms with Crippen LogP contribution >= 0.6 is 23.2 Å². The second-order valence-corrected chi connectivity index (χ2v) is 12.1. The topological polar surface area (TPSA) is 148 Å². The van der Waals surface area contributed by atoms with E-state index in [0.717, 1.165) is 21.3 Å². The van der Waals surface area contributed by atoms with Crippen LogP contribution < -0.4 is 10.0 Å². The molecule has 10 nitrogen and oxygen atoms in total. The summed E-state index contributed by atoms with van der Waals surface area (Å²) < 4.78 is 51.5. The number of sulfonamides is 2. The Balaban J connectivity index is 1.76. The summed E-state index contributed by atoms with van der Waals surface area (Å²) in [5.74, 6) is -1.48. The summed E-state index contributed by atoms with van der Waals surface area (Å²) in [5, 5.41) is 5.11. The van der Waals surface area contributed by atoms with Crippen LogP contribution in [0.25, 0.3) is 0 Å². The van der Waals surface area contributed by atoms with Gasteiger partial charge in [0.05, 0.1) is 22.0 Å². The normalized spacial score (nSPS) is 16.7. The summed E-state index contributed by atoms with van der Waals surface area (Å²) in [6, 6.07) is 10.5. The number of imide groups is 1. The number of hydrogen-bond donors (Lipinski definition) is 1. The number of carbonyl (C=O) groups is 2. The molecule has 1 atom stereocenters. The highest BCUT2D eigenvalue weighted by Gasteiger charge is 2.47. The van der Waals surface area contributed by atoms with Gasteiger partial charge in [-0.05, 0) is 54.1 Å². The molecule has 0 aliphatic carbocycles. The van der Waals surface area contributed by atoms with Gasteiger partial charge in [-0.2, -0.15) is 4.31 Å². The van der Waals surface area contributed by atoms with Crippen molar-refractivity contribution in [2.75, 3.05) is 4.90 Å². The van der Waals surface area contributed by atoms with Crippen LogP contribution in [0.4, 0.5) is 5.69 Å². The number of nitrogens with two attached hydrogens (primary N) is 1. The fourth-order valence-corrected chi connectivity index (χ4v) is 6.56. The summed E-state index contributed by atoms with van der Waals surface area (Å²) >= 11 is 12.2. The molecule has 2 heterocycles. The third-order valence-corrected chi connectivity index (χ3v) is 8.94. The van der Waals surface area contributed by atoms with Crippen molar-refractivity contribution in [3.8, 4) is 0 Å². The molecule has 0 bridgehead atoms. The van der Waals surface area contributed by atoms with Gasteiger partial charge in [-0.3, -0.25) is 14.6 Å². The Labute approximate surface area is 217 Å². The van der Waals surface area contributed by atoms with Gasteiger partial charge in [0.25, 0.3) is 5.91 Å². The van der Waals surface area contributed by atoms with E-state index in [1.165, 1.54) is 42.7 Å². The van der Waals surface area contributed by atoms with Gasteiger partial charge in [0.1, 0.15) is 10.9 Å². The van der Waals surface area contributed by atoms with Crippen molar-refractivity contribution in [2.24, 2.45) is 5.14 Å². The van der Waals surface area contributed by atoms with E-state index in [2.05, 4.69) is 4.98 Å². The molecular weight excluding hydrogens is 551 g/mol. The minimum Gasteiger partial charge on any atom is -0.274 e. The number of nitrogens with zero attached hydrogens (tertiary/aromatic N) is 3. The summed E-state index contributed by atoms with van der Waals surface area (Å²) in [6.07, 6.45) is 2.49. The van der Waals surface area contributed by atoms with Gasteiger partial charge in [-0.25, -0.2) is 26.9 Å². The van der Waals surface area contributed by atoms with Crippen LogP contribution in [-0.4, -0.2) is 44.0 Å². The highest BCUT2D eigenvalue weighted by atomic mass is 35.5. The predicted octanol–water partition coefficient (Wildman–Crippen LogP) is 2.56. The van der Waals surface area contributed by atoms with Crippen LogP contribution in [-0.2, 0) is 36.2 Å². The average Bonchev–Trinajstić information content (AvgIpc) is 3.12. The van der Waals surface area contributed by atoms with E-state index in [9.17, 15) is 26.4 Å². The van der Waals surface area contributed by atoms with Crippen molar-refractivity contribution in [1.29, 1.82) is 0 Å². The lowest BCUT2D eigenvalue weighted by atomic mass is 10.2. The molecule has 14 heteroatoms. The first-order valence-corrected chi connectivity index (χ1v) is 14.0. The van der Waals surface area contributed by atoms with Crippen molar-refractivity contribution < 1.29 is 26.4 Å². The zero-order valence-corrected chi connectivity index (χ0v) is 21.4. The minimum absolute atomic E-state index is 0.0689. The van der Waals surface area contributed by atoms with Crippen LogP contribution in [0.2, 0.25) is 10.0 Å². The number of rotatable bonds is 7. The first kappa shape index (κ1) is 26.2. The maximum absolute atomic E-state index is 13.7. The Morgan fingerprint density at radius 2 is 1.72 bits per heavy atom. The van der Waals surface area contributed by atoms with Crippen molar-refractivity contribution in [2.45, 2.75) is 28.8 Å². The van der Waals surface area contributed by atoms with Crippen molar-refractivity contribution in [1.82, 2.24) is 9.29 Å². The SMILES string of the molecule is NS(=O)(=O)c1ccc(N2C(=O)CC(N(Cc3cccnc3)S(=O)(=O)c3cc(Cl)ccc3Cl)C2=O)cc1. The lowest BCUT2D eigenvalue weighted by molar-refractivity contribution is -0.122. The van der Waals surface area contributed by atoms with Crippen molar-refractivity contribution in [3.63, 3.8) is 0 Å². The number of anilines is 1. The molecule has 2 amide bonds. The van der Waals surface area contributed by atoms with Crippen molar-refractivity contribution in [3.05, 3.63) is 82.6 Å². The Hall–Kier alpha value is -2.87. The molecule has 1 fully saturated rings. The first-order valence-electron chi connectivity index (χ1n) is 10.2. The Bertz CT molecular complexity index is 1550. The van der Waals surface area contributed by atoms with E-state index < -0.39 is 44.3 Å². The van der Waals surface area contributed by atoms with Gasteiger partial charge in [0, 0.05) is 24.0 Å². The molecule has 4 rings (SSSR count). The van der Waals surface area contributed by atoms with Gasteiger partial charge in [-0.1, -0.05) is 29.3 Å². The number of carbonyl (C=O) groups excluding carboxylic acids is 2. The van der Waals surface area contributed by atoms with Crippen LogP contribution in [0.3, 0.4) is 0 Å². The van der Waals surface area contributed by atoms with E-state index in [0.29, 0.717) is 5.56 Å². The molecule has 2 aromatic carbocycles. The number of pyridine rings is 1. The van der Waals surface area contributed by atoms with Gasteiger partial charge < -0.3 is 0 Å². The Morgan fingerprint density at radius 1 is 1.03 bits per heavy atom. The molecule has 1 saturated heterocycles. The van der Waals surface area contributed by atoms with Gasteiger partial charge in [0.15, 0.2) is 0 Å². The molecule has 2 N–H and O–H groups in total. The van der Waals surface area contributed by atoms with E-state index in [-0.39, 0.29) is 32.1 Å². The first-order chi connectivity index (χ1) is 16.9. The number of benzene rings is 2. The summed E-state index contributed by atoms with van der Waals surface area (Å²) in [7, 11) is -8.42. The fraction of sp³-hybridized carbons (Fsp3) is 0.136. The second-order valence-electron chi connectivity index (χ2n) is 7.81. The lowest BCUT2D eigenvalue weighted by Crippen LogP contribution is -2.45. The maximum Gasteiger partial charge on any atom is 0.252 e. The molecule has 1 unspecified atom stereocenters. The van der Waals surface area contributed by atoms with E-state index in [1.807, 2.05) is 0 Å². The Kier molecular flexibility index (Phi) is 7.19. The van der Waals surface area contributed by atoms with Crippen LogP contribution in [0.1, 0.15) is 12.0 Å². The average molecular weight is 569 g/mol. The minimum atomic E-state index is -4.43. The second kappa shape index (κ2) is 9.88. The zero-order valence-electron chi connectivity index (χ0n) is 18.3. The number of aromatic nitrogens is 1. The number of hydrogen-bond acceptors (Lipinski definition) is 7. The molecule has 36 heavy (non-hydrogen) atoms. The highest BCUT2D eigenvalue weighted by Crippen LogP contribution is 2.34. The van der Waals surface area contributed by atoms with E-state index in [4.69, 9.17) is 28.3 Å². The van der Waals surface area contributed by atoms with Gasteiger partial charge in [-0.15, -0.1) is 0 Å². The van der Waals surface area contributed by atoms with Gasteiger partial charge in [0.2, 0.25) is 26.0 Å². The maximum atomic E-state index is 13.7. The molecule has 3 aromatic rings. The molecule has 188 valence electrons. The standard InChI is InChI=1S/C22H18Cl2N4O6S2/c23-15-3-8-18(24)20(10-15)36(33,34)27(13-14-2-1-9-26-12-14)19-11-21(29)28(22(19)30)16-4-6-17(7-5-16)35(25,31)32/h1-10,12,19H,11,13H2,(H2,25,31,32). The number of amides is 2. The van der Waals surface area contributed by atoms with Crippen LogP contribution in [0.5, 0.6) is 0 Å². The van der Waals surface area contributed by atoms with Crippen LogP contribution in [0, 0.1) is 0 Å². The molecule has 0 spiro atoms. The molecule has 0 radical (unpaired) electrons. The van der Waals surface area contributed by atoms with E-state index in [1.54, 1.807) is 12.1 Å². The molecule has 0 saturated carbocycles. The zero-order chi connectivity index (χ0) is 26.3. The smallest absolute Gasteiger partial charge is 0.252 e. The predicted molar refractivity (Wildman–Crippen MR) is 132 cm³/mol. The monoisotopic (exact) mass is 568 g/mol. The number of halogens is 2. The molecule has 1 aliphatic heterocycles.